The second-order valence-corrected chi connectivity index (χ2v) is 5.75. The van der Waals surface area contributed by atoms with Gasteiger partial charge >= 0.3 is 5.97 Å². The minimum Gasteiger partial charge on any atom is -0.481 e. The Kier molecular flexibility index (Phi) is 5.36. The summed E-state index contributed by atoms with van der Waals surface area (Å²) in [4.78, 5) is 13.5. The van der Waals surface area contributed by atoms with Crippen molar-refractivity contribution in [2.75, 3.05) is 26.3 Å². The number of carboxylic acid groups (broad SMARTS) is 1. The number of carboxylic acids is 1. The third-order valence-corrected chi connectivity index (χ3v) is 4.35. The monoisotopic (exact) mass is 283 g/mol. The molecule has 1 aromatic heterocycles. The molecule has 2 heterocycles. The van der Waals surface area contributed by atoms with Crippen LogP contribution in [0.5, 0.6) is 0 Å². The standard InChI is InChI=1S/C14H21NO3S/c1-2-5-15(6-3-11-4-7-19-10-11)13-9-18-8-12(13)14(16)17/h4,7,10,12-13H,2-3,5-6,8-9H2,1H3,(H,16,17). The van der Waals surface area contributed by atoms with Crippen LogP contribution in [-0.2, 0) is 16.0 Å². The molecule has 1 aliphatic heterocycles. The van der Waals surface area contributed by atoms with Crippen LogP contribution >= 0.6 is 11.3 Å². The van der Waals surface area contributed by atoms with Gasteiger partial charge in [-0.25, -0.2) is 0 Å². The molecule has 0 aliphatic carbocycles. The number of aliphatic carboxylic acids is 1. The van der Waals surface area contributed by atoms with Crippen LogP contribution in [0.15, 0.2) is 16.8 Å². The summed E-state index contributed by atoms with van der Waals surface area (Å²) in [6.07, 6.45) is 2.01. The average Bonchev–Trinajstić information content (AvgIpc) is 3.05. The van der Waals surface area contributed by atoms with Crippen LogP contribution in [-0.4, -0.2) is 48.3 Å². The van der Waals surface area contributed by atoms with E-state index in [1.165, 1.54) is 5.56 Å². The Balaban J connectivity index is 1.96. The zero-order valence-electron chi connectivity index (χ0n) is 11.2. The lowest BCUT2D eigenvalue weighted by Crippen LogP contribution is -2.44. The van der Waals surface area contributed by atoms with E-state index < -0.39 is 5.97 Å². The van der Waals surface area contributed by atoms with Crippen molar-refractivity contribution in [1.82, 2.24) is 4.90 Å². The molecule has 1 fully saturated rings. The normalized spacial score (nSPS) is 23.1. The number of rotatable bonds is 7. The van der Waals surface area contributed by atoms with Crippen LogP contribution in [0.1, 0.15) is 18.9 Å². The first-order valence-corrected chi connectivity index (χ1v) is 7.72. The van der Waals surface area contributed by atoms with Gasteiger partial charge in [-0.05, 0) is 41.8 Å². The van der Waals surface area contributed by atoms with Crippen molar-refractivity contribution in [2.24, 2.45) is 5.92 Å². The van der Waals surface area contributed by atoms with Crippen LogP contribution in [0.2, 0.25) is 0 Å². The summed E-state index contributed by atoms with van der Waals surface area (Å²) in [5, 5.41) is 13.5. The Morgan fingerprint density at radius 1 is 1.53 bits per heavy atom. The predicted octanol–water partition coefficient (Wildman–Crippen LogP) is 2.10. The highest BCUT2D eigenvalue weighted by molar-refractivity contribution is 7.07. The molecular weight excluding hydrogens is 262 g/mol. The SMILES string of the molecule is CCCN(CCc1ccsc1)C1COCC1C(=O)O. The molecule has 0 saturated carbocycles. The van der Waals surface area contributed by atoms with Crippen molar-refractivity contribution in [3.8, 4) is 0 Å². The van der Waals surface area contributed by atoms with Gasteiger partial charge in [0.15, 0.2) is 0 Å². The number of ether oxygens (including phenoxy) is 1. The molecule has 1 aromatic rings. The molecule has 2 atom stereocenters. The Morgan fingerprint density at radius 3 is 3.00 bits per heavy atom. The fourth-order valence-electron chi connectivity index (χ4n) is 2.58. The quantitative estimate of drug-likeness (QED) is 0.832. The first-order chi connectivity index (χ1) is 9.22. The minimum atomic E-state index is -0.737. The Morgan fingerprint density at radius 2 is 2.37 bits per heavy atom. The van der Waals surface area contributed by atoms with Gasteiger partial charge in [0.1, 0.15) is 0 Å². The summed E-state index contributed by atoms with van der Waals surface area (Å²) in [6.45, 7) is 4.85. The molecule has 1 aliphatic rings. The van der Waals surface area contributed by atoms with Crippen molar-refractivity contribution in [3.63, 3.8) is 0 Å². The van der Waals surface area contributed by atoms with E-state index in [9.17, 15) is 9.90 Å². The predicted molar refractivity (Wildman–Crippen MR) is 75.6 cm³/mol. The van der Waals surface area contributed by atoms with Crippen molar-refractivity contribution in [2.45, 2.75) is 25.8 Å². The smallest absolute Gasteiger partial charge is 0.310 e. The van der Waals surface area contributed by atoms with Crippen molar-refractivity contribution in [1.29, 1.82) is 0 Å². The number of carbonyl (C=O) groups is 1. The van der Waals surface area contributed by atoms with Crippen molar-refractivity contribution >= 4 is 17.3 Å². The summed E-state index contributed by atoms with van der Waals surface area (Å²) in [7, 11) is 0. The van der Waals surface area contributed by atoms with Crippen molar-refractivity contribution < 1.29 is 14.6 Å². The largest absolute Gasteiger partial charge is 0.481 e. The van der Waals surface area contributed by atoms with E-state index >= 15 is 0 Å². The van der Waals surface area contributed by atoms with Crippen molar-refractivity contribution in [3.05, 3.63) is 22.4 Å². The van der Waals surface area contributed by atoms with Gasteiger partial charge in [0.05, 0.1) is 19.1 Å². The van der Waals surface area contributed by atoms with E-state index in [1.807, 2.05) is 0 Å². The second-order valence-electron chi connectivity index (χ2n) is 4.97. The molecule has 0 radical (unpaired) electrons. The van der Waals surface area contributed by atoms with Crippen LogP contribution in [0.4, 0.5) is 0 Å². The number of nitrogens with zero attached hydrogens (tertiary/aromatic N) is 1. The third kappa shape index (κ3) is 3.78. The lowest BCUT2D eigenvalue weighted by Gasteiger charge is -2.29. The molecule has 19 heavy (non-hydrogen) atoms. The van der Waals surface area contributed by atoms with Gasteiger partial charge in [-0.15, -0.1) is 0 Å². The molecule has 1 N–H and O–H groups in total. The van der Waals surface area contributed by atoms with Crippen LogP contribution in [0, 0.1) is 5.92 Å². The van der Waals surface area contributed by atoms with Gasteiger partial charge in [0.2, 0.25) is 0 Å². The summed E-state index contributed by atoms with van der Waals surface area (Å²) in [5.41, 5.74) is 1.33. The molecule has 2 rings (SSSR count). The zero-order chi connectivity index (χ0) is 13.7. The molecule has 5 heteroatoms. The van der Waals surface area contributed by atoms with E-state index in [1.54, 1.807) is 11.3 Å². The van der Waals surface area contributed by atoms with Gasteiger partial charge in [-0.2, -0.15) is 11.3 Å². The summed E-state index contributed by atoms with van der Waals surface area (Å²) >= 11 is 1.70. The first kappa shape index (κ1) is 14.5. The molecule has 1 saturated heterocycles. The van der Waals surface area contributed by atoms with E-state index in [4.69, 9.17) is 4.74 Å². The van der Waals surface area contributed by atoms with Gasteiger partial charge in [0, 0.05) is 12.6 Å². The minimum absolute atomic E-state index is 0.0242. The Bertz CT molecular complexity index is 393. The fourth-order valence-corrected chi connectivity index (χ4v) is 3.28. The molecule has 4 nitrogen and oxygen atoms in total. The lowest BCUT2D eigenvalue weighted by atomic mass is 10.0. The zero-order valence-corrected chi connectivity index (χ0v) is 12.1. The van der Waals surface area contributed by atoms with E-state index in [-0.39, 0.29) is 12.0 Å². The number of hydrogen-bond acceptors (Lipinski definition) is 4. The lowest BCUT2D eigenvalue weighted by molar-refractivity contribution is -0.143. The highest BCUT2D eigenvalue weighted by Crippen LogP contribution is 2.21. The molecule has 0 spiro atoms. The van der Waals surface area contributed by atoms with Gasteiger partial charge < -0.3 is 9.84 Å². The van der Waals surface area contributed by atoms with Crippen LogP contribution in [0.25, 0.3) is 0 Å². The van der Waals surface area contributed by atoms with Crippen LogP contribution in [0.3, 0.4) is 0 Å². The van der Waals surface area contributed by atoms with Gasteiger partial charge in [-0.3, -0.25) is 9.69 Å². The molecule has 106 valence electrons. The fraction of sp³-hybridized carbons (Fsp3) is 0.643. The first-order valence-electron chi connectivity index (χ1n) is 6.78. The van der Waals surface area contributed by atoms with Gasteiger partial charge in [-0.1, -0.05) is 6.92 Å². The molecule has 0 amide bonds. The number of hydrogen-bond donors (Lipinski definition) is 1. The van der Waals surface area contributed by atoms with E-state index in [0.29, 0.717) is 13.2 Å². The molecule has 0 aromatic carbocycles. The highest BCUT2D eigenvalue weighted by Gasteiger charge is 2.37. The summed E-state index contributed by atoms with van der Waals surface area (Å²) in [6, 6.07) is 2.16. The topological polar surface area (TPSA) is 49.8 Å². The maximum absolute atomic E-state index is 11.2. The summed E-state index contributed by atoms with van der Waals surface area (Å²) in [5.74, 6) is -1.12. The number of thiophene rings is 1. The third-order valence-electron chi connectivity index (χ3n) is 3.62. The average molecular weight is 283 g/mol. The van der Waals surface area contributed by atoms with Gasteiger partial charge in [0.25, 0.3) is 0 Å². The second kappa shape index (κ2) is 7.03. The van der Waals surface area contributed by atoms with Crippen LogP contribution < -0.4 is 0 Å². The molecule has 0 bridgehead atoms. The Labute approximate surface area is 118 Å². The van der Waals surface area contributed by atoms with E-state index in [2.05, 4.69) is 28.7 Å². The maximum Gasteiger partial charge on any atom is 0.310 e. The maximum atomic E-state index is 11.2. The highest BCUT2D eigenvalue weighted by atomic mass is 32.1. The summed E-state index contributed by atoms with van der Waals surface area (Å²) < 4.78 is 5.37. The Hall–Kier alpha value is -0.910. The van der Waals surface area contributed by atoms with E-state index in [0.717, 1.165) is 25.9 Å². The molecule has 2 unspecified atom stereocenters. The molecular formula is C14H21NO3S.